The van der Waals surface area contributed by atoms with Gasteiger partial charge in [0.2, 0.25) is 0 Å². The first-order valence-corrected chi connectivity index (χ1v) is 9.54. The van der Waals surface area contributed by atoms with Crippen LogP contribution in [0, 0.1) is 12.8 Å². The number of aromatic nitrogens is 3. The molecule has 0 radical (unpaired) electrons. The van der Waals surface area contributed by atoms with Crippen LogP contribution in [0.1, 0.15) is 34.9 Å². The van der Waals surface area contributed by atoms with Crippen LogP contribution in [-0.2, 0) is 19.5 Å². The molecule has 0 N–H and O–H groups in total. The molecule has 0 saturated carbocycles. The summed E-state index contributed by atoms with van der Waals surface area (Å²) in [5.41, 5.74) is 3.39. The fraction of sp³-hybridized carbons (Fsp3) is 0.611. The minimum Gasteiger partial charge on any atom is -0.304 e. The first kappa shape index (κ1) is 17.5. The highest BCUT2D eigenvalue weighted by Crippen LogP contribution is 2.22. The van der Waals surface area contributed by atoms with Gasteiger partial charge in [-0.25, -0.2) is 4.98 Å². The van der Waals surface area contributed by atoms with E-state index >= 15 is 0 Å². The van der Waals surface area contributed by atoms with Crippen LogP contribution in [-0.4, -0.2) is 51.9 Å². The van der Waals surface area contributed by atoms with Crippen molar-refractivity contribution >= 4 is 11.3 Å². The lowest BCUT2D eigenvalue weighted by molar-refractivity contribution is 0.175. The maximum atomic E-state index is 4.60. The lowest BCUT2D eigenvalue weighted by Gasteiger charge is -2.31. The lowest BCUT2D eigenvalue weighted by Crippen LogP contribution is -2.34. The van der Waals surface area contributed by atoms with Crippen molar-refractivity contribution in [1.29, 1.82) is 0 Å². The van der Waals surface area contributed by atoms with Crippen LogP contribution in [0.2, 0.25) is 0 Å². The number of piperidine rings is 1. The molecule has 0 unspecified atom stereocenters. The lowest BCUT2D eigenvalue weighted by atomic mass is 9.92. The Bertz CT molecular complexity index is 629. The Morgan fingerprint density at radius 1 is 1.12 bits per heavy atom. The van der Waals surface area contributed by atoms with Gasteiger partial charge in [0.05, 0.1) is 28.3 Å². The van der Waals surface area contributed by atoms with Crippen molar-refractivity contribution in [2.45, 2.75) is 39.3 Å². The van der Waals surface area contributed by atoms with Crippen LogP contribution in [0.5, 0.6) is 0 Å². The second kappa shape index (κ2) is 8.14. The summed E-state index contributed by atoms with van der Waals surface area (Å²) < 4.78 is 0. The van der Waals surface area contributed by atoms with Gasteiger partial charge in [-0.3, -0.25) is 14.9 Å². The van der Waals surface area contributed by atoms with Crippen molar-refractivity contribution in [3.05, 3.63) is 39.9 Å². The SMILES string of the molecule is Cc1nc(CN2CCC(Cc3cnc(CN(C)C)cn3)CC2)cs1. The number of hydrogen-bond acceptors (Lipinski definition) is 6. The van der Waals surface area contributed by atoms with Crippen molar-refractivity contribution in [3.8, 4) is 0 Å². The molecule has 0 atom stereocenters. The Hall–Kier alpha value is -1.37. The molecule has 1 saturated heterocycles. The molecule has 0 aromatic carbocycles. The van der Waals surface area contributed by atoms with Gasteiger partial charge >= 0.3 is 0 Å². The first-order chi connectivity index (χ1) is 11.6. The molecule has 3 rings (SSSR count). The summed E-state index contributed by atoms with van der Waals surface area (Å²) in [6.07, 6.45) is 7.42. The Labute approximate surface area is 148 Å². The van der Waals surface area contributed by atoms with E-state index in [4.69, 9.17) is 0 Å². The predicted molar refractivity (Wildman–Crippen MR) is 98.0 cm³/mol. The summed E-state index contributed by atoms with van der Waals surface area (Å²) in [7, 11) is 4.10. The third-order valence-electron chi connectivity index (χ3n) is 4.49. The quantitative estimate of drug-likeness (QED) is 0.805. The van der Waals surface area contributed by atoms with Gasteiger partial charge in [0.15, 0.2) is 0 Å². The molecule has 2 aromatic rings. The van der Waals surface area contributed by atoms with Gasteiger partial charge in [0, 0.05) is 24.7 Å². The molecule has 6 heteroatoms. The van der Waals surface area contributed by atoms with E-state index in [1.807, 2.05) is 12.4 Å². The molecule has 0 amide bonds. The van der Waals surface area contributed by atoms with Crippen LogP contribution in [0.25, 0.3) is 0 Å². The van der Waals surface area contributed by atoms with Gasteiger partial charge in [-0.15, -0.1) is 11.3 Å². The number of thiazole rings is 1. The molecule has 5 nitrogen and oxygen atoms in total. The first-order valence-electron chi connectivity index (χ1n) is 8.66. The van der Waals surface area contributed by atoms with E-state index in [1.54, 1.807) is 11.3 Å². The average Bonchev–Trinajstić information content (AvgIpc) is 2.96. The summed E-state index contributed by atoms with van der Waals surface area (Å²) in [5, 5.41) is 3.35. The van der Waals surface area contributed by atoms with E-state index in [0.717, 1.165) is 54.9 Å². The summed E-state index contributed by atoms with van der Waals surface area (Å²) in [4.78, 5) is 18.4. The average molecular weight is 346 g/mol. The van der Waals surface area contributed by atoms with E-state index < -0.39 is 0 Å². The predicted octanol–water partition coefficient (Wildman–Crippen LogP) is 2.76. The normalized spacial score (nSPS) is 16.8. The molecule has 0 spiro atoms. The number of rotatable bonds is 6. The van der Waals surface area contributed by atoms with Crippen molar-refractivity contribution < 1.29 is 0 Å². The monoisotopic (exact) mass is 345 g/mol. The van der Waals surface area contributed by atoms with Crippen LogP contribution in [0.15, 0.2) is 17.8 Å². The van der Waals surface area contributed by atoms with Crippen molar-refractivity contribution in [2.24, 2.45) is 5.92 Å². The molecule has 3 heterocycles. The van der Waals surface area contributed by atoms with Crippen molar-refractivity contribution in [1.82, 2.24) is 24.8 Å². The van der Waals surface area contributed by atoms with Crippen LogP contribution < -0.4 is 0 Å². The maximum absolute atomic E-state index is 4.60. The zero-order valence-electron chi connectivity index (χ0n) is 14.9. The zero-order chi connectivity index (χ0) is 16.9. The van der Waals surface area contributed by atoms with Crippen LogP contribution >= 0.6 is 11.3 Å². The van der Waals surface area contributed by atoms with Gasteiger partial charge in [0.25, 0.3) is 0 Å². The van der Waals surface area contributed by atoms with E-state index in [-0.39, 0.29) is 0 Å². The van der Waals surface area contributed by atoms with Crippen molar-refractivity contribution in [3.63, 3.8) is 0 Å². The fourth-order valence-corrected chi connectivity index (χ4v) is 3.85. The van der Waals surface area contributed by atoms with E-state index in [9.17, 15) is 0 Å². The van der Waals surface area contributed by atoms with E-state index in [2.05, 4.69) is 51.2 Å². The maximum Gasteiger partial charge on any atom is 0.0897 e. The summed E-state index contributed by atoms with van der Waals surface area (Å²) >= 11 is 1.74. The molecule has 1 aliphatic rings. The molecule has 1 aliphatic heterocycles. The Kier molecular flexibility index (Phi) is 5.92. The number of likely N-dealkylation sites (tertiary alicyclic amines) is 1. The van der Waals surface area contributed by atoms with Gasteiger partial charge in [-0.2, -0.15) is 0 Å². The molecule has 0 aliphatic carbocycles. The van der Waals surface area contributed by atoms with Gasteiger partial charge in [0.1, 0.15) is 0 Å². The Morgan fingerprint density at radius 2 is 1.83 bits per heavy atom. The minimum atomic E-state index is 0.729. The zero-order valence-corrected chi connectivity index (χ0v) is 15.7. The second-order valence-corrected chi connectivity index (χ2v) is 8.08. The van der Waals surface area contributed by atoms with Crippen LogP contribution in [0.3, 0.4) is 0 Å². The number of nitrogens with zero attached hydrogens (tertiary/aromatic N) is 5. The molecule has 130 valence electrons. The minimum absolute atomic E-state index is 0.729. The third kappa shape index (κ3) is 5.06. The largest absolute Gasteiger partial charge is 0.304 e. The molecule has 1 fully saturated rings. The van der Waals surface area contributed by atoms with Crippen molar-refractivity contribution in [2.75, 3.05) is 27.2 Å². The molecule has 24 heavy (non-hydrogen) atoms. The Morgan fingerprint density at radius 3 is 2.42 bits per heavy atom. The van der Waals surface area contributed by atoms with Crippen LogP contribution in [0.4, 0.5) is 0 Å². The van der Waals surface area contributed by atoms with Gasteiger partial charge in [-0.1, -0.05) is 0 Å². The van der Waals surface area contributed by atoms with E-state index in [1.165, 1.54) is 18.5 Å². The third-order valence-corrected chi connectivity index (χ3v) is 5.32. The van der Waals surface area contributed by atoms with Gasteiger partial charge in [-0.05, 0) is 59.3 Å². The highest BCUT2D eigenvalue weighted by atomic mass is 32.1. The number of hydrogen-bond donors (Lipinski definition) is 0. The van der Waals surface area contributed by atoms with Gasteiger partial charge < -0.3 is 4.90 Å². The molecular weight excluding hydrogens is 318 g/mol. The molecule has 2 aromatic heterocycles. The fourth-order valence-electron chi connectivity index (χ4n) is 3.25. The molecule has 0 bridgehead atoms. The standard InChI is InChI=1S/C18H27N5S/c1-14-21-18(13-24-14)12-23-6-4-15(5-7-23)8-16-9-20-17(10-19-16)11-22(2)3/h9-10,13,15H,4-8,11-12H2,1-3H3. The topological polar surface area (TPSA) is 45.2 Å². The highest BCUT2D eigenvalue weighted by molar-refractivity contribution is 7.09. The summed E-state index contributed by atoms with van der Waals surface area (Å²) in [5.74, 6) is 0.729. The second-order valence-electron chi connectivity index (χ2n) is 7.02. The highest BCUT2D eigenvalue weighted by Gasteiger charge is 2.20. The van der Waals surface area contributed by atoms with E-state index in [0.29, 0.717) is 0 Å². The smallest absolute Gasteiger partial charge is 0.0897 e. The number of aryl methyl sites for hydroxylation is 1. The summed E-state index contributed by atoms with van der Waals surface area (Å²) in [6.45, 7) is 6.24. The molecular formula is C18H27N5S. The summed E-state index contributed by atoms with van der Waals surface area (Å²) in [6, 6.07) is 0. The Balaban J connectivity index is 1.45.